The zero-order valence-corrected chi connectivity index (χ0v) is 12.5. The lowest BCUT2D eigenvalue weighted by atomic mass is 10.0. The molecule has 0 saturated heterocycles. The Morgan fingerprint density at radius 1 is 1.40 bits per heavy atom. The minimum atomic E-state index is -1.19. The van der Waals surface area contributed by atoms with Crippen LogP contribution in [0.5, 0.6) is 5.75 Å². The highest BCUT2D eigenvalue weighted by atomic mass is 35.5. The van der Waals surface area contributed by atoms with Crippen molar-refractivity contribution in [2.24, 2.45) is 0 Å². The number of nitrogens with one attached hydrogen (secondary N) is 1. The summed E-state index contributed by atoms with van der Waals surface area (Å²) in [5, 5.41) is 11.9. The Bertz CT molecular complexity index is 514. The summed E-state index contributed by atoms with van der Waals surface area (Å²) in [5.41, 5.74) is -0.471. The number of amides is 1. The van der Waals surface area contributed by atoms with E-state index in [1.165, 1.54) is 12.1 Å². The molecule has 0 radical (unpaired) electrons. The number of benzene rings is 1. The molecule has 0 aliphatic heterocycles. The highest BCUT2D eigenvalue weighted by Gasteiger charge is 2.20. The number of hydrogen-bond acceptors (Lipinski definition) is 3. The largest absolute Gasteiger partial charge is 0.483 e. The Balaban J connectivity index is 2.74. The number of halogens is 1. The maximum atomic E-state index is 11.7. The van der Waals surface area contributed by atoms with Crippen molar-refractivity contribution in [2.75, 3.05) is 6.61 Å². The SMILES string of the molecule is CCC(C)(C)NC(=O)COc1cccc(Cl)c1C(=O)O. The molecule has 0 aliphatic carbocycles. The van der Waals surface area contributed by atoms with Gasteiger partial charge >= 0.3 is 5.97 Å². The molecule has 0 bridgehead atoms. The van der Waals surface area contributed by atoms with Crippen LogP contribution in [-0.2, 0) is 4.79 Å². The van der Waals surface area contributed by atoms with Gasteiger partial charge in [0, 0.05) is 5.54 Å². The third kappa shape index (κ3) is 4.42. The monoisotopic (exact) mass is 299 g/mol. The number of carboxylic acid groups (broad SMARTS) is 1. The van der Waals surface area contributed by atoms with Crippen LogP contribution in [0.2, 0.25) is 5.02 Å². The number of aromatic carboxylic acids is 1. The number of rotatable bonds is 6. The van der Waals surface area contributed by atoms with E-state index < -0.39 is 5.97 Å². The van der Waals surface area contributed by atoms with Gasteiger partial charge in [0.25, 0.3) is 5.91 Å². The summed E-state index contributed by atoms with van der Waals surface area (Å²) in [6, 6.07) is 4.49. The van der Waals surface area contributed by atoms with Gasteiger partial charge < -0.3 is 15.2 Å². The van der Waals surface area contributed by atoms with Crippen LogP contribution in [0, 0.1) is 0 Å². The van der Waals surface area contributed by atoms with Crippen molar-refractivity contribution >= 4 is 23.5 Å². The minimum absolute atomic E-state index is 0.0734. The van der Waals surface area contributed by atoms with E-state index in [4.69, 9.17) is 21.4 Å². The fourth-order valence-electron chi connectivity index (χ4n) is 1.48. The first-order valence-corrected chi connectivity index (χ1v) is 6.60. The van der Waals surface area contributed by atoms with Crippen LogP contribution in [0.3, 0.4) is 0 Å². The zero-order chi connectivity index (χ0) is 15.3. The molecule has 0 aliphatic rings. The molecule has 0 spiro atoms. The second-order valence-corrected chi connectivity index (χ2v) is 5.40. The summed E-state index contributed by atoms with van der Waals surface area (Å²) in [5.74, 6) is -1.43. The Labute approximate surface area is 122 Å². The fourth-order valence-corrected chi connectivity index (χ4v) is 1.72. The number of carboxylic acids is 1. The molecular weight excluding hydrogens is 282 g/mol. The molecule has 5 nitrogen and oxygen atoms in total. The van der Waals surface area contributed by atoms with E-state index in [1.54, 1.807) is 6.07 Å². The Morgan fingerprint density at radius 3 is 2.60 bits per heavy atom. The molecule has 1 aromatic rings. The highest BCUT2D eigenvalue weighted by Crippen LogP contribution is 2.26. The fraction of sp³-hybridized carbons (Fsp3) is 0.429. The van der Waals surface area contributed by atoms with Crippen molar-refractivity contribution in [3.8, 4) is 5.75 Å². The van der Waals surface area contributed by atoms with Crippen molar-refractivity contribution in [1.29, 1.82) is 0 Å². The third-order valence-electron chi connectivity index (χ3n) is 2.91. The molecule has 6 heteroatoms. The third-order valence-corrected chi connectivity index (χ3v) is 3.22. The van der Waals surface area contributed by atoms with Crippen molar-refractivity contribution in [3.63, 3.8) is 0 Å². The van der Waals surface area contributed by atoms with Crippen LogP contribution in [0.4, 0.5) is 0 Å². The average molecular weight is 300 g/mol. The highest BCUT2D eigenvalue weighted by molar-refractivity contribution is 6.33. The molecule has 20 heavy (non-hydrogen) atoms. The van der Waals surface area contributed by atoms with Gasteiger partial charge in [-0.25, -0.2) is 4.79 Å². The number of ether oxygens (including phenoxy) is 1. The lowest BCUT2D eigenvalue weighted by Crippen LogP contribution is -2.44. The molecule has 2 N–H and O–H groups in total. The number of carbonyl (C=O) groups is 2. The molecule has 0 unspecified atom stereocenters. The van der Waals surface area contributed by atoms with Gasteiger partial charge in [0.2, 0.25) is 0 Å². The maximum Gasteiger partial charge on any atom is 0.341 e. The van der Waals surface area contributed by atoms with E-state index in [0.29, 0.717) is 0 Å². The van der Waals surface area contributed by atoms with Gasteiger partial charge in [-0.15, -0.1) is 0 Å². The lowest BCUT2D eigenvalue weighted by Gasteiger charge is -2.24. The van der Waals surface area contributed by atoms with Gasteiger partial charge in [-0.1, -0.05) is 24.6 Å². The molecule has 0 heterocycles. The van der Waals surface area contributed by atoms with Crippen LogP contribution >= 0.6 is 11.6 Å². The van der Waals surface area contributed by atoms with Gasteiger partial charge in [-0.2, -0.15) is 0 Å². The first kappa shape index (κ1) is 16.3. The second-order valence-electron chi connectivity index (χ2n) is 4.99. The van der Waals surface area contributed by atoms with E-state index in [9.17, 15) is 9.59 Å². The zero-order valence-electron chi connectivity index (χ0n) is 11.7. The molecule has 1 rings (SSSR count). The van der Waals surface area contributed by atoms with E-state index in [-0.39, 0.29) is 34.4 Å². The summed E-state index contributed by atoms with van der Waals surface area (Å²) < 4.78 is 5.25. The summed E-state index contributed by atoms with van der Waals surface area (Å²) in [4.78, 5) is 22.8. The Hall–Kier alpha value is -1.75. The predicted molar refractivity (Wildman–Crippen MR) is 76.4 cm³/mol. The molecule has 1 amide bonds. The first-order valence-electron chi connectivity index (χ1n) is 6.22. The second kappa shape index (κ2) is 6.61. The van der Waals surface area contributed by atoms with Crippen molar-refractivity contribution < 1.29 is 19.4 Å². The van der Waals surface area contributed by atoms with Crippen LogP contribution in [0.1, 0.15) is 37.6 Å². The molecule has 0 atom stereocenters. The van der Waals surface area contributed by atoms with Crippen LogP contribution in [0.25, 0.3) is 0 Å². The van der Waals surface area contributed by atoms with E-state index in [1.807, 2.05) is 20.8 Å². The summed E-state index contributed by atoms with van der Waals surface area (Å²) in [6.45, 7) is 5.49. The van der Waals surface area contributed by atoms with Gasteiger partial charge in [0.05, 0.1) is 5.02 Å². The van der Waals surface area contributed by atoms with E-state index in [2.05, 4.69) is 5.32 Å². The number of carbonyl (C=O) groups excluding carboxylic acids is 1. The topological polar surface area (TPSA) is 75.6 Å². The summed E-state index contributed by atoms with van der Waals surface area (Å²) in [7, 11) is 0. The molecule has 0 aromatic heterocycles. The van der Waals surface area contributed by atoms with Crippen LogP contribution in [-0.4, -0.2) is 29.1 Å². The van der Waals surface area contributed by atoms with Gasteiger partial charge in [-0.05, 0) is 32.4 Å². The average Bonchev–Trinajstić information content (AvgIpc) is 2.35. The Kier molecular flexibility index (Phi) is 5.39. The summed E-state index contributed by atoms with van der Waals surface area (Å²) in [6.07, 6.45) is 0.774. The Morgan fingerprint density at radius 2 is 2.05 bits per heavy atom. The smallest absolute Gasteiger partial charge is 0.341 e. The minimum Gasteiger partial charge on any atom is -0.483 e. The lowest BCUT2D eigenvalue weighted by molar-refractivity contribution is -0.124. The molecule has 0 fully saturated rings. The van der Waals surface area contributed by atoms with Crippen LogP contribution in [0.15, 0.2) is 18.2 Å². The van der Waals surface area contributed by atoms with Crippen molar-refractivity contribution in [3.05, 3.63) is 28.8 Å². The van der Waals surface area contributed by atoms with E-state index >= 15 is 0 Å². The van der Waals surface area contributed by atoms with E-state index in [0.717, 1.165) is 6.42 Å². The van der Waals surface area contributed by atoms with Gasteiger partial charge in [-0.3, -0.25) is 4.79 Å². The summed E-state index contributed by atoms with van der Waals surface area (Å²) >= 11 is 5.81. The van der Waals surface area contributed by atoms with Crippen molar-refractivity contribution in [1.82, 2.24) is 5.32 Å². The van der Waals surface area contributed by atoms with Crippen molar-refractivity contribution in [2.45, 2.75) is 32.7 Å². The first-order chi connectivity index (χ1) is 9.26. The standard InChI is InChI=1S/C14H18ClNO4/c1-4-14(2,3)16-11(17)8-20-10-7-5-6-9(15)12(10)13(18)19/h5-7H,4,8H2,1-3H3,(H,16,17)(H,18,19). The predicted octanol–water partition coefficient (Wildman–Crippen LogP) is 2.72. The van der Waals surface area contributed by atoms with Gasteiger partial charge in [0.15, 0.2) is 6.61 Å². The number of hydrogen-bond donors (Lipinski definition) is 2. The maximum absolute atomic E-state index is 11.7. The molecule has 0 saturated carbocycles. The van der Waals surface area contributed by atoms with Gasteiger partial charge in [0.1, 0.15) is 11.3 Å². The normalized spacial score (nSPS) is 11.0. The molecular formula is C14H18ClNO4. The molecule has 1 aromatic carbocycles. The quantitative estimate of drug-likeness (QED) is 0.847. The van der Waals surface area contributed by atoms with Crippen LogP contribution < -0.4 is 10.1 Å². The molecule has 110 valence electrons.